The van der Waals surface area contributed by atoms with Crippen LogP contribution in [0, 0.1) is 0 Å². The maximum absolute atomic E-state index is 5.23. The van der Waals surface area contributed by atoms with Crippen molar-refractivity contribution >= 4 is 12.9 Å². The van der Waals surface area contributed by atoms with Gasteiger partial charge in [0, 0.05) is 17.0 Å². The molecule has 0 heterocycles. The molecule has 0 amide bonds. The average molecular weight is 288 g/mol. The molecule has 1 aromatic rings. The average Bonchev–Trinajstić information content (AvgIpc) is 2.91. The van der Waals surface area contributed by atoms with Crippen LogP contribution in [0.2, 0.25) is 0 Å². The van der Waals surface area contributed by atoms with Crippen molar-refractivity contribution in [2.24, 2.45) is 4.74 Å². The fourth-order valence-electron chi connectivity index (χ4n) is 2.59. The van der Waals surface area contributed by atoms with Crippen LogP contribution in [0.4, 0.5) is 5.69 Å². The van der Waals surface area contributed by atoms with Crippen molar-refractivity contribution < 1.29 is 0 Å². The van der Waals surface area contributed by atoms with Crippen LogP contribution in [-0.4, -0.2) is 17.4 Å². The molecule has 2 nitrogen and oxygen atoms in total. The Bertz CT molecular complexity index is 517. The zero-order valence-corrected chi connectivity index (χ0v) is 13.7. The lowest BCUT2D eigenvalue weighted by Crippen LogP contribution is -2.17. The minimum Gasteiger partial charge on any atom is -0.352 e. The van der Waals surface area contributed by atoms with E-state index in [0.717, 1.165) is 0 Å². The van der Waals surface area contributed by atoms with Crippen molar-refractivity contribution in [3.63, 3.8) is 0 Å². The topological polar surface area (TPSA) is 24.4 Å². The van der Waals surface area contributed by atoms with E-state index in [1.807, 2.05) is 0 Å². The first-order chi connectivity index (χ1) is 9.54. The Balaban J connectivity index is 2.42. The van der Waals surface area contributed by atoms with Crippen LogP contribution in [0.5, 0.6) is 0 Å². The Hall–Kier alpha value is -1.27. The second kappa shape index (κ2) is 6.45. The van der Waals surface area contributed by atoms with Gasteiger partial charge in [0.2, 0.25) is 0 Å². The number of allylic oxidation sites excluding steroid dienone is 2. The van der Waals surface area contributed by atoms with E-state index >= 15 is 0 Å². The number of anilines is 1. The standard InChI is InChI=1S/C17H25N2P/c1-14(2)20(15(3)4,19-17-12-8-9-13-17)18-16-10-6-5-7-11-16/h5-15,17-18H,1-4H3. The lowest BCUT2D eigenvalue weighted by atomic mass is 10.3. The van der Waals surface area contributed by atoms with E-state index in [0.29, 0.717) is 11.3 Å². The maximum atomic E-state index is 5.23. The molecule has 20 heavy (non-hydrogen) atoms. The van der Waals surface area contributed by atoms with E-state index in [1.165, 1.54) is 5.69 Å². The van der Waals surface area contributed by atoms with Crippen molar-refractivity contribution in [1.82, 2.24) is 0 Å². The first-order valence-corrected chi connectivity index (χ1v) is 9.21. The molecule has 0 aromatic heterocycles. The maximum Gasteiger partial charge on any atom is 0.0873 e. The summed E-state index contributed by atoms with van der Waals surface area (Å²) in [5, 5.41) is 3.79. The minimum absolute atomic E-state index is 0.226. The summed E-state index contributed by atoms with van der Waals surface area (Å²) >= 11 is 0. The van der Waals surface area contributed by atoms with Gasteiger partial charge in [-0.1, -0.05) is 70.2 Å². The van der Waals surface area contributed by atoms with Gasteiger partial charge >= 0.3 is 0 Å². The molecule has 1 aliphatic rings. The Morgan fingerprint density at radius 2 is 1.50 bits per heavy atom. The Morgan fingerprint density at radius 1 is 0.950 bits per heavy atom. The molecule has 0 atom stereocenters. The SMILES string of the molecule is CC(C)P(=NC1C=CC=C1)(Nc1ccccc1)C(C)C. The molecule has 1 aromatic carbocycles. The highest BCUT2D eigenvalue weighted by atomic mass is 31.2. The first kappa shape index (κ1) is 15.1. The number of nitrogens with one attached hydrogen (secondary N) is 1. The van der Waals surface area contributed by atoms with Crippen molar-refractivity contribution in [3.05, 3.63) is 54.6 Å². The van der Waals surface area contributed by atoms with Crippen LogP contribution in [0.1, 0.15) is 27.7 Å². The molecule has 0 fully saturated rings. The second-order valence-electron chi connectivity index (χ2n) is 5.78. The van der Waals surface area contributed by atoms with Gasteiger partial charge in [0.25, 0.3) is 0 Å². The predicted molar refractivity (Wildman–Crippen MR) is 91.8 cm³/mol. The molecule has 0 saturated heterocycles. The Kier molecular flexibility index (Phi) is 4.88. The van der Waals surface area contributed by atoms with Crippen LogP contribution < -0.4 is 5.09 Å². The summed E-state index contributed by atoms with van der Waals surface area (Å²) in [6.45, 7) is 9.15. The van der Waals surface area contributed by atoms with E-state index < -0.39 is 7.21 Å². The zero-order valence-electron chi connectivity index (χ0n) is 12.8. The largest absolute Gasteiger partial charge is 0.352 e. The molecule has 0 spiro atoms. The van der Waals surface area contributed by atoms with Gasteiger partial charge in [-0.25, -0.2) is 0 Å². The van der Waals surface area contributed by atoms with Gasteiger partial charge in [0.15, 0.2) is 0 Å². The van der Waals surface area contributed by atoms with Gasteiger partial charge in [-0.05, 0) is 12.1 Å². The number of nitrogens with zero attached hydrogens (tertiary/aromatic N) is 1. The number of hydrogen-bond donors (Lipinski definition) is 1. The number of para-hydroxylation sites is 1. The summed E-state index contributed by atoms with van der Waals surface area (Å²) in [4.78, 5) is 0. The fourth-order valence-corrected chi connectivity index (χ4v) is 6.05. The van der Waals surface area contributed by atoms with Crippen LogP contribution in [0.3, 0.4) is 0 Å². The molecule has 1 aliphatic carbocycles. The summed E-state index contributed by atoms with van der Waals surface area (Å²) in [5.74, 6) is 0. The Morgan fingerprint density at radius 3 is 2.00 bits per heavy atom. The molecule has 0 aliphatic heterocycles. The second-order valence-corrected chi connectivity index (χ2v) is 9.78. The third kappa shape index (κ3) is 3.24. The highest BCUT2D eigenvalue weighted by Gasteiger charge is 2.28. The van der Waals surface area contributed by atoms with E-state index in [4.69, 9.17) is 4.74 Å². The van der Waals surface area contributed by atoms with Gasteiger partial charge in [0.1, 0.15) is 0 Å². The third-order valence-electron chi connectivity index (χ3n) is 3.71. The summed E-state index contributed by atoms with van der Waals surface area (Å²) in [6, 6.07) is 10.7. The molecule has 0 saturated carbocycles. The summed E-state index contributed by atoms with van der Waals surface area (Å²) < 4.78 is 5.23. The molecule has 0 unspecified atom stereocenters. The normalized spacial score (nSPS) is 15.3. The Labute approximate surface area is 123 Å². The van der Waals surface area contributed by atoms with Crippen molar-refractivity contribution in [3.8, 4) is 0 Å². The molecular weight excluding hydrogens is 263 g/mol. The molecule has 2 rings (SSSR count). The van der Waals surface area contributed by atoms with Crippen LogP contribution in [0.25, 0.3) is 0 Å². The molecule has 0 radical (unpaired) electrons. The number of benzene rings is 1. The van der Waals surface area contributed by atoms with Crippen molar-refractivity contribution in [1.29, 1.82) is 0 Å². The molecular formula is C17H25N2P. The van der Waals surface area contributed by atoms with E-state index in [-0.39, 0.29) is 6.04 Å². The van der Waals surface area contributed by atoms with Gasteiger partial charge in [-0.3, -0.25) is 4.74 Å². The van der Waals surface area contributed by atoms with Crippen molar-refractivity contribution in [2.75, 3.05) is 5.09 Å². The highest BCUT2D eigenvalue weighted by Crippen LogP contribution is 2.58. The predicted octanol–water partition coefficient (Wildman–Crippen LogP) is 5.53. The number of rotatable bonds is 5. The quantitative estimate of drug-likeness (QED) is 0.708. The lowest BCUT2D eigenvalue weighted by molar-refractivity contribution is 0.957. The van der Waals surface area contributed by atoms with Crippen LogP contribution in [-0.2, 0) is 0 Å². The monoisotopic (exact) mass is 288 g/mol. The van der Waals surface area contributed by atoms with Crippen molar-refractivity contribution in [2.45, 2.75) is 45.1 Å². The van der Waals surface area contributed by atoms with Crippen LogP contribution >= 0.6 is 7.21 Å². The molecule has 1 N–H and O–H groups in total. The van der Waals surface area contributed by atoms with E-state index in [9.17, 15) is 0 Å². The summed E-state index contributed by atoms with van der Waals surface area (Å²) in [6.07, 6.45) is 8.52. The minimum atomic E-state index is -1.64. The highest BCUT2D eigenvalue weighted by molar-refractivity contribution is 7.69. The first-order valence-electron chi connectivity index (χ1n) is 7.33. The van der Waals surface area contributed by atoms with Gasteiger partial charge in [-0.15, -0.1) is 0 Å². The van der Waals surface area contributed by atoms with Gasteiger partial charge < -0.3 is 5.09 Å². The molecule has 0 bridgehead atoms. The van der Waals surface area contributed by atoms with E-state index in [2.05, 4.69) is 87.4 Å². The fraction of sp³-hybridized carbons (Fsp3) is 0.412. The summed E-state index contributed by atoms with van der Waals surface area (Å²) in [5.41, 5.74) is 2.22. The smallest absolute Gasteiger partial charge is 0.0873 e. The number of hydrogen-bond acceptors (Lipinski definition) is 1. The zero-order chi connectivity index (χ0) is 14.6. The lowest BCUT2D eigenvalue weighted by Gasteiger charge is -2.35. The van der Waals surface area contributed by atoms with Gasteiger partial charge in [0.05, 0.1) is 13.2 Å². The summed E-state index contributed by atoms with van der Waals surface area (Å²) in [7, 11) is -1.64. The molecule has 3 heteroatoms. The van der Waals surface area contributed by atoms with Gasteiger partial charge in [-0.2, -0.15) is 0 Å². The molecule has 108 valence electrons. The van der Waals surface area contributed by atoms with Crippen LogP contribution in [0.15, 0.2) is 59.4 Å². The third-order valence-corrected chi connectivity index (χ3v) is 8.12. The van der Waals surface area contributed by atoms with E-state index in [1.54, 1.807) is 0 Å².